The minimum atomic E-state index is -0.479. The molecule has 0 aromatic heterocycles. The minimum absolute atomic E-state index is 0.00740. The molecule has 0 aliphatic rings. The molecular formula is C40H74O3. The molecule has 0 aromatic carbocycles. The number of aliphatic hydroxyl groups excluding tert-OH is 2. The van der Waals surface area contributed by atoms with E-state index < -0.39 is 5.41 Å². The number of ether oxygens (including phenoxy) is 1. The molecule has 2 N–H and O–H groups in total. The van der Waals surface area contributed by atoms with Gasteiger partial charge < -0.3 is 14.9 Å². The van der Waals surface area contributed by atoms with Crippen molar-refractivity contribution in [2.24, 2.45) is 5.41 Å². The summed E-state index contributed by atoms with van der Waals surface area (Å²) in [6, 6.07) is 0. The van der Waals surface area contributed by atoms with Crippen LogP contribution in [-0.2, 0) is 4.74 Å². The monoisotopic (exact) mass is 603 g/mol. The maximum Gasteiger partial charge on any atom is 0.0566 e. The van der Waals surface area contributed by atoms with Crippen LogP contribution in [0.3, 0.4) is 0 Å². The first-order valence-electron chi connectivity index (χ1n) is 18.6. The molecule has 3 nitrogen and oxygen atoms in total. The van der Waals surface area contributed by atoms with Crippen LogP contribution in [0, 0.1) is 5.41 Å². The first-order chi connectivity index (χ1) is 21.2. The standard InChI is InChI=1S/C40H74O3/c1-3-5-7-9-11-13-15-17-19-21-23-25-27-29-31-33-35-40(37-41,38-42)39-43-36-34-32-30-28-26-24-22-20-18-16-14-12-10-8-6-4-2/h11-14,17-20,41-42H,3-10,15-16,21-39H2,1-2H3. The zero-order valence-electron chi connectivity index (χ0n) is 28.9. The lowest BCUT2D eigenvalue weighted by Gasteiger charge is -2.29. The number of rotatable bonds is 34. The van der Waals surface area contributed by atoms with E-state index in [0.717, 1.165) is 38.7 Å². The van der Waals surface area contributed by atoms with E-state index in [2.05, 4.69) is 62.5 Å². The fourth-order valence-electron chi connectivity index (χ4n) is 5.34. The Morgan fingerprint density at radius 2 is 0.814 bits per heavy atom. The number of hydrogen-bond donors (Lipinski definition) is 2. The van der Waals surface area contributed by atoms with Gasteiger partial charge in [-0.3, -0.25) is 0 Å². The highest BCUT2D eigenvalue weighted by molar-refractivity contribution is 4.93. The Bertz CT molecular complexity index is 644. The van der Waals surface area contributed by atoms with Gasteiger partial charge in [-0.25, -0.2) is 0 Å². The molecule has 0 aliphatic carbocycles. The molecule has 0 saturated carbocycles. The summed E-state index contributed by atoms with van der Waals surface area (Å²) in [6.07, 6.45) is 49.1. The average molecular weight is 603 g/mol. The fourth-order valence-corrected chi connectivity index (χ4v) is 5.34. The van der Waals surface area contributed by atoms with Gasteiger partial charge in [0, 0.05) is 12.0 Å². The summed E-state index contributed by atoms with van der Waals surface area (Å²) in [7, 11) is 0. The van der Waals surface area contributed by atoms with Gasteiger partial charge in [-0.2, -0.15) is 0 Å². The molecular weight excluding hydrogens is 528 g/mol. The second kappa shape index (κ2) is 35.3. The second-order valence-electron chi connectivity index (χ2n) is 12.8. The van der Waals surface area contributed by atoms with Gasteiger partial charge in [-0.05, 0) is 77.0 Å². The van der Waals surface area contributed by atoms with Crippen LogP contribution in [0.1, 0.15) is 174 Å². The maximum absolute atomic E-state index is 9.99. The smallest absolute Gasteiger partial charge is 0.0566 e. The maximum atomic E-state index is 9.99. The van der Waals surface area contributed by atoms with Gasteiger partial charge >= 0.3 is 0 Å². The lowest BCUT2D eigenvalue weighted by molar-refractivity contribution is -0.0347. The van der Waals surface area contributed by atoms with E-state index in [4.69, 9.17) is 4.74 Å². The summed E-state index contributed by atoms with van der Waals surface area (Å²) in [5.41, 5.74) is -0.479. The molecule has 0 heterocycles. The molecule has 0 aliphatic heterocycles. The van der Waals surface area contributed by atoms with E-state index in [-0.39, 0.29) is 13.2 Å². The third kappa shape index (κ3) is 30.6. The molecule has 0 spiro atoms. The van der Waals surface area contributed by atoms with Gasteiger partial charge in [0.05, 0.1) is 19.8 Å². The average Bonchev–Trinajstić information content (AvgIpc) is 3.03. The molecule has 0 atom stereocenters. The molecule has 0 aromatic rings. The van der Waals surface area contributed by atoms with Crippen LogP contribution in [0.25, 0.3) is 0 Å². The Kier molecular flexibility index (Phi) is 34.4. The van der Waals surface area contributed by atoms with Gasteiger partial charge in [0.15, 0.2) is 0 Å². The Labute approximate surface area is 269 Å². The van der Waals surface area contributed by atoms with Crippen LogP contribution in [0.15, 0.2) is 48.6 Å². The van der Waals surface area contributed by atoms with Crippen molar-refractivity contribution in [2.45, 2.75) is 174 Å². The highest BCUT2D eigenvalue weighted by atomic mass is 16.5. The summed E-state index contributed by atoms with van der Waals surface area (Å²) < 4.78 is 5.93. The van der Waals surface area contributed by atoms with Crippen LogP contribution in [0.5, 0.6) is 0 Å². The molecule has 3 heteroatoms. The predicted octanol–water partition coefficient (Wildman–Crippen LogP) is 12.0. The third-order valence-electron chi connectivity index (χ3n) is 8.48. The van der Waals surface area contributed by atoms with E-state index in [1.807, 2.05) is 0 Å². The van der Waals surface area contributed by atoms with Gasteiger partial charge in [-0.15, -0.1) is 0 Å². The van der Waals surface area contributed by atoms with E-state index in [1.54, 1.807) is 0 Å². The van der Waals surface area contributed by atoms with Crippen LogP contribution >= 0.6 is 0 Å². The Balaban J connectivity index is 3.63. The van der Waals surface area contributed by atoms with E-state index in [0.29, 0.717) is 6.61 Å². The van der Waals surface area contributed by atoms with Gasteiger partial charge in [-0.1, -0.05) is 146 Å². The SMILES string of the molecule is CCCCCC=CCC=CCCCCCCCCOCC(CO)(CO)CCCCCCCCC=CCC=CCCCCC. The van der Waals surface area contributed by atoms with Crippen LogP contribution in [-0.4, -0.2) is 36.6 Å². The van der Waals surface area contributed by atoms with Crippen LogP contribution < -0.4 is 0 Å². The van der Waals surface area contributed by atoms with Gasteiger partial charge in [0.1, 0.15) is 0 Å². The van der Waals surface area contributed by atoms with Gasteiger partial charge in [0.2, 0.25) is 0 Å². The van der Waals surface area contributed by atoms with Crippen molar-refractivity contribution in [3.05, 3.63) is 48.6 Å². The molecule has 0 amide bonds. The largest absolute Gasteiger partial charge is 0.396 e. The molecule has 0 saturated heterocycles. The third-order valence-corrected chi connectivity index (χ3v) is 8.48. The summed E-state index contributed by atoms with van der Waals surface area (Å²) in [6.45, 7) is 5.73. The summed E-state index contributed by atoms with van der Waals surface area (Å²) in [4.78, 5) is 0. The number of aliphatic hydroxyl groups is 2. The highest BCUT2D eigenvalue weighted by Gasteiger charge is 2.28. The summed E-state index contributed by atoms with van der Waals surface area (Å²) in [5.74, 6) is 0. The topological polar surface area (TPSA) is 49.7 Å². The number of hydrogen-bond acceptors (Lipinski definition) is 3. The highest BCUT2D eigenvalue weighted by Crippen LogP contribution is 2.25. The van der Waals surface area contributed by atoms with Crippen molar-refractivity contribution in [1.82, 2.24) is 0 Å². The number of unbranched alkanes of at least 4 members (excludes halogenated alkanes) is 18. The minimum Gasteiger partial charge on any atom is -0.396 e. The van der Waals surface area contributed by atoms with Crippen molar-refractivity contribution in [3.8, 4) is 0 Å². The molecule has 252 valence electrons. The molecule has 0 rings (SSSR count). The number of allylic oxidation sites excluding steroid dienone is 8. The first-order valence-corrected chi connectivity index (χ1v) is 18.6. The Morgan fingerprint density at radius 1 is 0.442 bits per heavy atom. The summed E-state index contributed by atoms with van der Waals surface area (Å²) in [5, 5.41) is 20.0. The van der Waals surface area contributed by atoms with Crippen LogP contribution in [0.4, 0.5) is 0 Å². The molecule has 0 fully saturated rings. The molecule has 0 unspecified atom stereocenters. The lowest BCUT2D eigenvalue weighted by atomic mass is 9.85. The Morgan fingerprint density at radius 3 is 1.23 bits per heavy atom. The van der Waals surface area contributed by atoms with E-state index >= 15 is 0 Å². The van der Waals surface area contributed by atoms with Crippen molar-refractivity contribution in [1.29, 1.82) is 0 Å². The predicted molar refractivity (Wildman–Crippen MR) is 191 cm³/mol. The first kappa shape index (κ1) is 41.8. The van der Waals surface area contributed by atoms with Gasteiger partial charge in [0.25, 0.3) is 0 Å². The lowest BCUT2D eigenvalue weighted by Crippen LogP contribution is -2.35. The normalized spacial score (nSPS) is 12.7. The molecule has 0 radical (unpaired) electrons. The quantitative estimate of drug-likeness (QED) is 0.0569. The molecule has 43 heavy (non-hydrogen) atoms. The van der Waals surface area contributed by atoms with E-state index in [9.17, 15) is 10.2 Å². The zero-order chi connectivity index (χ0) is 31.4. The van der Waals surface area contributed by atoms with Crippen molar-refractivity contribution in [2.75, 3.05) is 26.4 Å². The second-order valence-corrected chi connectivity index (χ2v) is 12.8. The van der Waals surface area contributed by atoms with Crippen LogP contribution in [0.2, 0.25) is 0 Å². The molecule has 0 bridgehead atoms. The van der Waals surface area contributed by atoms with Crippen molar-refractivity contribution >= 4 is 0 Å². The zero-order valence-corrected chi connectivity index (χ0v) is 28.9. The summed E-state index contributed by atoms with van der Waals surface area (Å²) >= 11 is 0. The fraction of sp³-hybridized carbons (Fsp3) is 0.800. The van der Waals surface area contributed by atoms with E-state index in [1.165, 1.54) is 128 Å². The van der Waals surface area contributed by atoms with Crippen molar-refractivity contribution < 1.29 is 14.9 Å². The Hall–Kier alpha value is -1.16. The van der Waals surface area contributed by atoms with Crippen molar-refractivity contribution in [3.63, 3.8) is 0 Å².